The minimum atomic E-state index is -0.210. The van der Waals surface area contributed by atoms with Crippen LogP contribution < -0.4 is 5.32 Å². The largest absolute Gasteiger partial charge is 0.374 e. The molecule has 2 aliphatic rings. The second kappa shape index (κ2) is 7.42. The fourth-order valence-corrected chi connectivity index (χ4v) is 4.85. The van der Waals surface area contributed by atoms with Crippen LogP contribution in [0.25, 0.3) is 0 Å². The van der Waals surface area contributed by atoms with Gasteiger partial charge in [0.2, 0.25) is 0 Å². The van der Waals surface area contributed by atoms with Crippen LogP contribution >= 0.6 is 11.3 Å². The molecule has 2 aromatic rings. The molecule has 4 heterocycles. The second-order valence-corrected chi connectivity index (χ2v) is 8.19. The lowest BCUT2D eigenvalue weighted by atomic mass is 9.99. The zero-order valence-electron chi connectivity index (χ0n) is 15.2. The molecule has 1 N–H and O–H groups in total. The van der Waals surface area contributed by atoms with Gasteiger partial charge >= 0.3 is 0 Å². The van der Waals surface area contributed by atoms with Crippen LogP contribution in [0.15, 0.2) is 18.3 Å². The molecule has 2 unspecified atom stereocenters. The molecule has 0 radical (unpaired) electrons. The predicted molar refractivity (Wildman–Crippen MR) is 100 cm³/mol. The first-order valence-electron chi connectivity index (χ1n) is 9.10. The second-order valence-electron chi connectivity index (χ2n) is 7.16. The number of aryl methyl sites for hydroxylation is 1. The zero-order chi connectivity index (χ0) is 18.1. The Morgan fingerprint density at radius 3 is 3.19 bits per heavy atom. The molecule has 1 saturated heterocycles. The van der Waals surface area contributed by atoms with E-state index in [1.807, 2.05) is 19.1 Å². The first-order valence-corrected chi connectivity index (χ1v) is 9.91. The molecule has 2 aromatic heterocycles. The topological polar surface area (TPSA) is 67.4 Å². The average molecular weight is 372 g/mol. The van der Waals surface area contributed by atoms with Crippen LogP contribution in [0, 0.1) is 6.92 Å². The Balaban J connectivity index is 1.51. The number of aromatic nitrogens is 2. The van der Waals surface area contributed by atoms with Crippen molar-refractivity contribution in [2.45, 2.75) is 38.3 Å². The number of piperidine rings is 1. The highest BCUT2D eigenvalue weighted by atomic mass is 32.1. The number of ether oxygens (including phenoxy) is 1. The van der Waals surface area contributed by atoms with E-state index in [9.17, 15) is 4.79 Å². The van der Waals surface area contributed by atoms with E-state index in [0.717, 1.165) is 41.5 Å². The number of likely N-dealkylation sites (tertiary alicyclic amines) is 1. The van der Waals surface area contributed by atoms with Crippen molar-refractivity contribution < 1.29 is 9.53 Å². The maximum absolute atomic E-state index is 12.9. The third-order valence-corrected chi connectivity index (χ3v) is 6.42. The van der Waals surface area contributed by atoms with Gasteiger partial charge in [-0.05, 0) is 39.4 Å². The molecule has 6 nitrogen and oxygen atoms in total. The van der Waals surface area contributed by atoms with Crippen molar-refractivity contribution >= 4 is 17.2 Å². The Bertz CT molecular complexity index is 807. The normalized spacial score (nSPS) is 23.5. The quantitative estimate of drug-likeness (QED) is 0.897. The van der Waals surface area contributed by atoms with Crippen molar-refractivity contribution in [1.29, 1.82) is 0 Å². The summed E-state index contributed by atoms with van der Waals surface area (Å²) >= 11 is 1.54. The molecular weight excluding hydrogens is 348 g/mol. The lowest BCUT2D eigenvalue weighted by molar-refractivity contribution is 0.0696. The summed E-state index contributed by atoms with van der Waals surface area (Å²) < 4.78 is 5.62. The van der Waals surface area contributed by atoms with Crippen LogP contribution in [0.3, 0.4) is 0 Å². The predicted octanol–water partition coefficient (Wildman–Crippen LogP) is 2.66. The summed E-state index contributed by atoms with van der Waals surface area (Å²) in [4.78, 5) is 25.1. The van der Waals surface area contributed by atoms with E-state index in [1.54, 1.807) is 6.20 Å². The van der Waals surface area contributed by atoms with Gasteiger partial charge in [0.25, 0.3) is 5.91 Å². The Hall–Kier alpha value is -1.83. The Labute approximate surface area is 157 Å². The van der Waals surface area contributed by atoms with Gasteiger partial charge in [0.15, 0.2) is 0 Å². The minimum Gasteiger partial charge on any atom is -0.374 e. The van der Waals surface area contributed by atoms with E-state index in [0.29, 0.717) is 24.0 Å². The number of carbonyl (C=O) groups excluding carboxylic acids is 1. The van der Waals surface area contributed by atoms with Crippen LogP contribution in [0.5, 0.6) is 0 Å². The maximum atomic E-state index is 12.9. The van der Waals surface area contributed by atoms with Gasteiger partial charge in [0.05, 0.1) is 35.7 Å². The van der Waals surface area contributed by atoms with E-state index >= 15 is 0 Å². The highest BCUT2D eigenvalue weighted by Crippen LogP contribution is 2.32. The first kappa shape index (κ1) is 17.6. The van der Waals surface area contributed by atoms with E-state index in [1.165, 1.54) is 17.8 Å². The fourth-order valence-electron chi connectivity index (χ4n) is 3.76. The molecule has 0 bridgehead atoms. The summed E-state index contributed by atoms with van der Waals surface area (Å²) in [5.74, 6) is 0.349. The molecule has 138 valence electrons. The number of likely N-dealkylation sites (N-methyl/N-ethyl adjacent to an activating group) is 1. The van der Waals surface area contributed by atoms with Gasteiger partial charge in [-0.3, -0.25) is 9.78 Å². The molecule has 7 heteroatoms. The molecular formula is C19H24N4O2S. The van der Waals surface area contributed by atoms with Gasteiger partial charge in [-0.15, -0.1) is 11.3 Å². The minimum absolute atomic E-state index is 0.0810. The third kappa shape index (κ3) is 3.51. The van der Waals surface area contributed by atoms with Crippen LogP contribution in [0.1, 0.15) is 56.4 Å². The first-order chi connectivity index (χ1) is 12.6. The van der Waals surface area contributed by atoms with Crippen LogP contribution in [-0.4, -0.2) is 47.5 Å². The van der Waals surface area contributed by atoms with Crippen LogP contribution in [0.4, 0.5) is 0 Å². The lowest BCUT2D eigenvalue weighted by Crippen LogP contribution is -2.35. The number of nitrogens with one attached hydrogen (secondary N) is 1. The molecule has 1 fully saturated rings. The maximum Gasteiger partial charge on any atom is 0.263 e. The van der Waals surface area contributed by atoms with E-state index in [-0.39, 0.29) is 11.9 Å². The number of thiazole rings is 1. The van der Waals surface area contributed by atoms with Crippen molar-refractivity contribution in [2.24, 2.45) is 0 Å². The van der Waals surface area contributed by atoms with Crippen molar-refractivity contribution in [3.63, 3.8) is 0 Å². The number of hydrogen-bond acceptors (Lipinski definition) is 6. The highest BCUT2D eigenvalue weighted by molar-refractivity contribution is 7.13. The molecule has 0 aliphatic carbocycles. The van der Waals surface area contributed by atoms with E-state index in [2.05, 4.69) is 22.2 Å². The molecule has 1 amide bonds. The van der Waals surface area contributed by atoms with E-state index in [4.69, 9.17) is 9.72 Å². The zero-order valence-corrected chi connectivity index (χ0v) is 16.0. The SMILES string of the molecule is Cc1nc(C2CCCN(C)C2)sc1C(=O)NC1COCc2cccnc21. The number of carbonyl (C=O) groups is 1. The summed E-state index contributed by atoms with van der Waals surface area (Å²) in [7, 11) is 2.15. The molecule has 26 heavy (non-hydrogen) atoms. The summed E-state index contributed by atoms with van der Waals surface area (Å²) in [6.45, 7) is 5.08. The fraction of sp³-hybridized carbons (Fsp3) is 0.526. The molecule has 2 aliphatic heterocycles. The molecule has 0 aromatic carbocycles. The Morgan fingerprint density at radius 2 is 2.35 bits per heavy atom. The average Bonchev–Trinajstić information content (AvgIpc) is 3.04. The van der Waals surface area contributed by atoms with Crippen LogP contribution in [0.2, 0.25) is 0 Å². The standard InChI is InChI=1S/C19H24N4O2S/c1-12-17(26-19(21-12)13-6-4-8-23(2)9-13)18(24)22-15-11-25-10-14-5-3-7-20-16(14)15/h3,5,7,13,15H,4,6,8-11H2,1-2H3,(H,22,24). The smallest absolute Gasteiger partial charge is 0.263 e. The Kier molecular flexibility index (Phi) is 5.02. The molecule has 0 spiro atoms. The number of nitrogens with zero attached hydrogens (tertiary/aromatic N) is 3. The summed E-state index contributed by atoms with van der Waals surface area (Å²) in [6, 6.07) is 3.68. The van der Waals surface area contributed by atoms with Gasteiger partial charge < -0.3 is 15.0 Å². The number of hydrogen-bond donors (Lipinski definition) is 1. The summed E-state index contributed by atoms with van der Waals surface area (Å²) in [6.07, 6.45) is 4.09. The molecule has 0 saturated carbocycles. The number of pyridine rings is 1. The van der Waals surface area contributed by atoms with Crippen molar-refractivity contribution in [1.82, 2.24) is 20.2 Å². The van der Waals surface area contributed by atoms with Gasteiger partial charge in [0.1, 0.15) is 4.88 Å². The van der Waals surface area contributed by atoms with Gasteiger partial charge in [0, 0.05) is 24.2 Å². The number of amides is 1. The number of fused-ring (bicyclic) bond motifs is 1. The summed E-state index contributed by atoms with van der Waals surface area (Å²) in [5, 5.41) is 4.17. The van der Waals surface area contributed by atoms with Crippen LogP contribution in [-0.2, 0) is 11.3 Å². The van der Waals surface area contributed by atoms with Crippen molar-refractivity contribution in [2.75, 3.05) is 26.7 Å². The third-order valence-electron chi connectivity index (χ3n) is 5.10. The number of rotatable bonds is 3. The van der Waals surface area contributed by atoms with Crippen molar-refractivity contribution in [3.05, 3.63) is 45.2 Å². The lowest BCUT2D eigenvalue weighted by Gasteiger charge is -2.28. The van der Waals surface area contributed by atoms with Gasteiger partial charge in [-0.25, -0.2) is 4.98 Å². The van der Waals surface area contributed by atoms with Gasteiger partial charge in [-0.1, -0.05) is 6.07 Å². The Morgan fingerprint density at radius 1 is 1.46 bits per heavy atom. The van der Waals surface area contributed by atoms with Gasteiger partial charge in [-0.2, -0.15) is 0 Å². The summed E-state index contributed by atoms with van der Waals surface area (Å²) in [5.41, 5.74) is 2.76. The monoisotopic (exact) mass is 372 g/mol. The van der Waals surface area contributed by atoms with E-state index < -0.39 is 0 Å². The molecule has 4 rings (SSSR count). The van der Waals surface area contributed by atoms with Crippen molar-refractivity contribution in [3.8, 4) is 0 Å². The highest BCUT2D eigenvalue weighted by Gasteiger charge is 2.28. The molecule has 2 atom stereocenters.